The Bertz CT molecular complexity index is 227. The van der Waals surface area contributed by atoms with E-state index in [0.717, 1.165) is 18.5 Å². The van der Waals surface area contributed by atoms with Gasteiger partial charge in [-0.1, -0.05) is 18.2 Å². The van der Waals surface area contributed by atoms with Gasteiger partial charge in [0.05, 0.1) is 0 Å². The second kappa shape index (κ2) is 1.97. The fourth-order valence-electron chi connectivity index (χ4n) is 1.46. The Morgan fingerprint density at radius 2 is 2.50 bits per heavy atom. The molecule has 1 unspecified atom stereocenters. The molecule has 1 fully saturated rings. The first-order valence-corrected chi connectivity index (χ1v) is 3.54. The quantitative estimate of drug-likeness (QED) is 0.518. The van der Waals surface area contributed by atoms with E-state index in [1.165, 1.54) is 0 Å². The average Bonchev–Trinajstić information content (AvgIpc) is 2.36. The molecule has 2 nitrogen and oxygen atoms in total. The zero-order chi connectivity index (χ0) is 6.97. The highest BCUT2D eigenvalue weighted by Crippen LogP contribution is 2.24. The summed E-state index contributed by atoms with van der Waals surface area (Å²) in [5, 5.41) is 2.81. The Kier molecular flexibility index (Phi) is 1.13. The van der Waals surface area contributed by atoms with Crippen LogP contribution in [0.4, 0.5) is 0 Å². The van der Waals surface area contributed by atoms with Crippen molar-refractivity contribution in [2.75, 3.05) is 6.54 Å². The third-order valence-electron chi connectivity index (χ3n) is 2.02. The van der Waals surface area contributed by atoms with Crippen molar-refractivity contribution in [1.82, 2.24) is 5.32 Å². The molecule has 52 valence electrons. The topological polar surface area (TPSA) is 29.1 Å². The highest BCUT2D eigenvalue weighted by Gasteiger charge is 2.24. The number of fused-ring (bicyclic) bond motifs is 1. The van der Waals surface area contributed by atoms with E-state index in [9.17, 15) is 4.79 Å². The molecule has 2 rings (SSSR count). The van der Waals surface area contributed by atoms with E-state index in [4.69, 9.17) is 0 Å². The Morgan fingerprint density at radius 3 is 3.30 bits per heavy atom. The van der Waals surface area contributed by atoms with Gasteiger partial charge >= 0.3 is 0 Å². The van der Waals surface area contributed by atoms with E-state index in [2.05, 4.69) is 11.4 Å². The molecule has 1 atom stereocenters. The van der Waals surface area contributed by atoms with E-state index in [1.54, 1.807) is 0 Å². The maximum absolute atomic E-state index is 11.1. The lowest BCUT2D eigenvalue weighted by Crippen LogP contribution is -2.34. The zero-order valence-corrected chi connectivity index (χ0v) is 5.63. The number of nitrogens with one attached hydrogen (secondary N) is 1. The largest absolute Gasteiger partial charge is 0.352 e. The normalized spacial score (nSPS) is 29.4. The van der Waals surface area contributed by atoms with Crippen molar-refractivity contribution in [3.63, 3.8) is 0 Å². The maximum Gasteiger partial charge on any atom is 0.247 e. The first-order valence-electron chi connectivity index (χ1n) is 3.54. The van der Waals surface area contributed by atoms with Gasteiger partial charge in [0.25, 0.3) is 0 Å². The second-order valence-corrected chi connectivity index (χ2v) is 2.66. The van der Waals surface area contributed by atoms with Crippen molar-refractivity contribution in [2.24, 2.45) is 5.92 Å². The molecule has 0 aromatic carbocycles. The van der Waals surface area contributed by atoms with Crippen molar-refractivity contribution in [2.45, 2.75) is 6.42 Å². The highest BCUT2D eigenvalue weighted by molar-refractivity contribution is 5.96. The smallest absolute Gasteiger partial charge is 0.247 e. The van der Waals surface area contributed by atoms with Gasteiger partial charge < -0.3 is 5.32 Å². The van der Waals surface area contributed by atoms with Crippen molar-refractivity contribution in [3.05, 3.63) is 23.8 Å². The van der Waals surface area contributed by atoms with E-state index in [-0.39, 0.29) is 5.91 Å². The Labute approximate surface area is 59.6 Å². The molecule has 2 heteroatoms. The van der Waals surface area contributed by atoms with Gasteiger partial charge in [-0.15, -0.1) is 0 Å². The van der Waals surface area contributed by atoms with Crippen LogP contribution in [0.25, 0.3) is 0 Å². The maximum atomic E-state index is 11.1. The summed E-state index contributed by atoms with van der Waals surface area (Å²) < 4.78 is 0. The van der Waals surface area contributed by atoms with Gasteiger partial charge in [-0.2, -0.15) is 0 Å². The molecule has 2 aliphatic rings. The van der Waals surface area contributed by atoms with Gasteiger partial charge in [-0.25, -0.2) is 0 Å². The van der Waals surface area contributed by atoms with Gasteiger partial charge in [-0.3, -0.25) is 4.79 Å². The molecule has 1 aliphatic carbocycles. The Morgan fingerprint density at radius 1 is 1.60 bits per heavy atom. The predicted octanol–water partition coefficient (Wildman–Crippen LogP) is 0.619. The predicted molar refractivity (Wildman–Crippen MR) is 38.3 cm³/mol. The summed E-state index contributed by atoms with van der Waals surface area (Å²) in [4.78, 5) is 11.1. The molecule has 1 saturated heterocycles. The number of carbonyl (C=O) groups excluding carboxylic acids is 1. The molecule has 1 amide bonds. The number of amides is 1. The van der Waals surface area contributed by atoms with E-state index in [0.29, 0.717) is 5.92 Å². The molecule has 1 aliphatic heterocycles. The molecule has 0 saturated carbocycles. The van der Waals surface area contributed by atoms with Gasteiger partial charge in [0.1, 0.15) is 0 Å². The third-order valence-corrected chi connectivity index (χ3v) is 2.02. The molecule has 0 bridgehead atoms. The van der Waals surface area contributed by atoms with E-state index < -0.39 is 0 Å². The first-order chi connectivity index (χ1) is 4.88. The number of piperidine rings is 1. The SMILES string of the molecule is O=C1NCCC2C=CC=C12. The van der Waals surface area contributed by atoms with Crippen LogP contribution in [0.5, 0.6) is 0 Å². The first kappa shape index (κ1) is 5.71. The average molecular weight is 135 g/mol. The zero-order valence-electron chi connectivity index (χ0n) is 5.63. The number of carbonyl (C=O) groups is 1. The minimum absolute atomic E-state index is 0.112. The molecule has 1 N–H and O–H groups in total. The Hall–Kier alpha value is -1.05. The lowest BCUT2D eigenvalue weighted by Gasteiger charge is -2.19. The molecular formula is C8H9NO. The minimum Gasteiger partial charge on any atom is -0.352 e. The van der Waals surface area contributed by atoms with Crippen LogP contribution in [0.1, 0.15) is 6.42 Å². The lowest BCUT2D eigenvalue weighted by atomic mass is 9.95. The van der Waals surface area contributed by atoms with Gasteiger partial charge in [0.2, 0.25) is 5.91 Å². The number of hydrogen-bond acceptors (Lipinski definition) is 1. The van der Waals surface area contributed by atoms with Crippen LogP contribution in [0.15, 0.2) is 23.8 Å². The summed E-state index contributed by atoms with van der Waals surface area (Å²) in [6.45, 7) is 0.825. The standard InChI is InChI=1S/C8H9NO/c10-8-7-3-1-2-6(7)4-5-9-8/h1-3,6H,4-5H2,(H,9,10). The number of rotatable bonds is 0. The summed E-state index contributed by atoms with van der Waals surface area (Å²) in [6, 6.07) is 0. The Balaban J connectivity index is 2.28. The van der Waals surface area contributed by atoms with Gasteiger partial charge in [0.15, 0.2) is 0 Å². The lowest BCUT2D eigenvalue weighted by molar-refractivity contribution is -0.118. The summed E-state index contributed by atoms with van der Waals surface area (Å²) in [6.07, 6.45) is 7.02. The monoisotopic (exact) mass is 135 g/mol. The number of allylic oxidation sites excluding steroid dienone is 3. The van der Waals surface area contributed by atoms with Gasteiger partial charge in [0, 0.05) is 18.0 Å². The summed E-state index contributed by atoms with van der Waals surface area (Å²) in [7, 11) is 0. The van der Waals surface area contributed by atoms with Crippen molar-refractivity contribution in [3.8, 4) is 0 Å². The summed E-state index contributed by atoms with van der Waals surface area (Å²) in [5.74, 6) is 0.523. The minimum atomic E-state index is 0.112. The number of hydrogen-bond donors (Lipinski definition) is 1. The third kappa shape index (κ3) is 0.685. The molecule has 0 aromatic heterocycles. The summed E-state index contributed by atoms with van der Waals surface area (Å²) in [5.41, 5.74) is 0.936. The van der Waals surface area contributed by atoms with Crippen LogP contribution in [-0.4, -0.2) is 12.5 Å². The van der Waals surface area contributed by atoms with Gasteiger partial charge in [-0.05, 0) is 6.42 Å². The summed E-state index contributed by atoms with van der Waals surface area (Å²) >= 11 is 0. The molecular weight excluding hydrogens is 126 g/mol. The fraction of sp³-hybridized carbons (Fsp3) is 0.375. The van der Waals surface area contributed by atoms with E-state index >= 15 is 0 Å². The van der Waals surface area contributed by atoms with Crippen molar-refractivity contribution >= 4 is 5.91 Å². The molecule has 10 heavy (non-hydrogen) atoms. The van der Waals surface area contributed by atoms with Crippen LogP contribution in [0.3, 0.4) is 0 Å². The molecule has 0 radical (unpaired) electrons. The molecule has 0 spiro atoms. The highest BCUT2D eigenvalue weighted by atomic mass is 16.1. The van der Waals surface area contributed by atoms with Crippen LogP contribution in [-0.2, 0) is 4.79 Å². The van der Waals surface area contributed by atoms with E-state index in [1.807, 2.05) is 12.2 Å². The molecule has 1 heterocycles. The van der Waals surface area contributed by atoms with Crippen LogP contribution >= 0.6 is 0 Å². The van der Waals surface area contributed by atoms with Crippen molar-refractivity contribution in [1.29, 1.82) is 0 Å². The van der Waals surface area contributed by atoms with Crippen LogP contribution < -0.4 is 5.32 Å². The molecule has 0 aromatic rings. The second-order valence-electron chi connectivity index (χ2n) is 2.66. The van der Waals surface area contributed by atoms with Crippen LogP contribution in [0.2, 0.25) is 0 Å². The fourth-order valence-corrected chi connectivity index (χ4v) is 1.46. The van der Waals surface area contributed by atoms with Crippen LogP contribution in [0, 0.1) is 5.92 Å². The van der Waals surface area contributed by atoms with Crippen molar-refractivity contribution < 1.29 is 4.79 Å².